The minimum absolute atomic E-state index is 0.0921. The topological polar surface area (TPSA) is 102 Å². The lowest BCUT2D eigenvalue weighted by Crippen LogP contribution is -2.20. The number of hydrogen-bond donors (Lipinski definition) is 2. The van der Waals surface area contributed by atoms with Gasteiger partial charge in [0.25, 0.3) is 0 Å². The van der Waals surface area contributed by atoms with Gasteiger partial charge in [0.1, 0.15) is 13.1 Å². The van der Waals surface area contributed by atoms with E-state index in [4.69, 9.17) is 5.11 Å². The molecule has 0 aliphatic heterocycles. The van der Waals surface area contributed by atoms with Gasteiger partial charge in [0.15, 0.2) is 11.5 Å². The zero-order valence-electron chi connectivity index (χ0n) is 10.9. The lowest BCUT2D eigenvalue weighted by molar-refractivity contribution is -0.141. The molecule has 0 atom stereocenters. The molecule has 0 unspecified atom stereocenters. The molecule has 0 saturated carbocycles. The fraction of sp³-hybridized carbons (Fsp3) is 0.273. The maximum Gasteiger partial charge on any atom is 0.435 e. The standard InChI is InChI=1S/C11H10F3N5O3/c12-11(13,14)7-1-3-18(16-7)5-9(20)15-8-2-4-19(17-8)6-10(21)22/h1-4H,5-6H2,(H,21,22)(H,15,17,20). The molecule has 1 amide bonds. The molecule has 2 N–H and O–H groups in total. The van der Waals surface area contributed by atoms with Crippen molar-refractivity contribution in [2.45, 2.75) is 19.3 Å². The number of nitrogens with one attached hydrogen (secondary N) is 1. The summed E-state index contributed by atoms with van der Waals surface area (Å²) in [5, 5.41) is 17.9. The third kappa shape index (κ3) is 4.07. The number of carbonyl (C=O) groups is 2. The Labute approximate surface area is 121 Å². The molecule has 0 bridgehead atoms. The highest BCUT2D eigenvalue weighted by Gasteiger charge is 2.33. The highest BCUT2D eigenvalue weighted by Crippen LogP contribution is 2.27. The van der Waals surface area contributed by atoms with E-state index in [-0.39, 0.29) is 12.4 Å². The van der Waals surface area contributed by atoms with Gasteiger partial charge in [0, 0.05) is 18.5 Å². The number of amides is 1. The van der Waals surface area contributed by atoms with Gasteiger partial charge >= 0.3 is 12.1 Å². The zero-order valence-corrected chi connectivity index (χ0v) is 10.9. The van der Waals surface area contributed by atoms with Gasteiger partial charge in [-0.1, -0.05) is 0 Å². The van der Waals surface area contributed by atoms with E-state index in [0.717, 1.165) is 21.6 Å². The number of carboxylic acids is 1. The van der Waals surface area contributed by atoms with Crippen LogP contribution >= 0.6 is 0 Å². The number of aromatic nitrogens is 4. The summed E-state index contributed by atoms with van der Waals surface area (Å²) in [7, 11) is 0. The summed E-state index contributed by atoms with van der Waals surface area (Å²) in [6.45, 7) is -0.800. The second-order valence-corrected chi connectivity index (χ2v) is 4.24. The Morgan fingerprint density at radius 2 is 1.77 bits per heavy atom. The second-order valence-electron chi connectivity index (χ2n) is 4.24. The van der Waals surface area contributed by atoms with Crippen LogP contribution in [-0.2, 0) is 28.9 Å². The molecule has 0 spiro atoms. The van der Waals surface area contributed by atoms with Crippen molar-refractivity contribution in [3.05, 3.63) is 30.2 Å². The maximum atomic E-state index is 12.4. The first-order valence-electron chi connectivity index (χ1n) is 5.90. The lowest BCUT2D eigenvalue weighted by Gasteiger charge is -2.03. The quantitative estimate of drug-likeness (QED) is 0.850. The Kier molecular flexibility index (Phi) is 4.15. The molecule has 2 heterocycles. The monoisotopic (exact) mass is 317 g/mol. The van der Waals surface area contributed by atoms with Crippen LogP contribution in [0.5, 0.6) is 0 Å². The SMILES string of the molecule is O=C(O)Cn1ccc(NC(=O)Cn2ccc(C(F)(F)F)n2)n1. The number of nitrogens with zero attached hydrogens (tertiary/aromatic N) is 4. The number of alkyl halides is 3. The van der Waals surface area contributed by atoms with Crippen LogP contribution in [0.25, 0.3) is 0 Å². The van der Waals surface area contributed by atoms with E-state index >= 15 is 0 Å². The molecule has 0 aliphatic rings. The Bertz CT molecular complexity index is 691. The third-order valence-electron chi connectivity index (χ3n) is 2.44. The van der Waals surface area contributed by atoms with E-state index in [1.54, 1.807) is 0 Å². The molecular formula is C11H10F3N5O3. The van der Waals surface area contributed by atoms with Gasteiger partial charge in [0.2, 0.25) is 5.91 Å². The summed E-state index contributed by atoms with van der Waals surface area (Å²) < 4.78 is 39.0. The number of carbonyl (C=O) groups excluding carboxylic acids is 1. The molecular weight excluding hydrogens is 307 g/mol. The van der Waals surface area contributed by atoms with Gasteiger partial charge in [-0.3, -0.25) is 19.0 Å². The predicted octanol–water partition coefficient (Wildman–Crippen LogP) is 0.822. The van der Waals surface area contributed by atoms with E-state index in [2.05, 4.69) is 15.5 Å². The highest BCUT2D eigenvalue weighted by atomic mass is 19.4. The zero-order chi connectivity index (χ0) is 16.3. The molecule has 0 aliphatic carbocycles. The van der Waals surface area contributed by atoms with Gasteiger partial charge in [-0.05, 0) is 6.07 Å². The first-order chi connectivity index (χ1) is 10.2. The molecule has 2 aromatic rings. The molecule has 0 aromatic carbocycles. The van der Waals surface area contributed by atoms with Crippen LogP contribution in [0.3, 0.4) is 0 Å². The van der Waals surface area contributed by atoms with Crippen molar-refractivity contribution in [1.29, 1.82) is 0 Å². The van der Waals surface area contributed by atoms with Crippen LogP contribution in [-0.4, -0.2) is 36.5 Å². The maximum absolute atomic E-state index is 12.4. The smallest absolute Gasteiger partial charge is 0.435 e. The number of hydrogen-bond acceptors (Lipinski definition) is 4. The molecule has 22 heavy (non-hydrogen) atoms. The van der Waals surface area contributed by atoms with E-state index in [1.165, 1.54) is 12.3 Å². The first kappa shape index (κ1) is 15.5. The van der Waals surface area contributed by atoms with Crippen molar-refractivity contribution in [3.63, 3.8) is 0 Å². The van der Waals surface area contributed by atoms with E-state index < -0.39 is 30.3 Å². The van der Waals surface area contributed by atoms with Gasteiger partial charge in [-0.2, -0.15) is 23.4 Å². The van der Waals surface area contributed by atoms with Crippen molar-refractivity contribution in [3.8, 4) is 0 Å². The summed E-state index contributed by atoms with van der Waals surface area (Å²) in [5.74, 6) is -1.65. The average Bonchev–Trinajstić information content (AvgIpc) is 2.97. The van der Waals surface area contributed by atoms with Gasteiger partial charge in [-0.25, -0.2) is 0 Å². The van der Waals surface area contributed by atoms with Gasteiger partial charge < -0.3 is 10.4 Å². The predicted molar refractivity (Wildman–Crippen MR) is 65.7 cm³/mol. The Morgan fingerprint density at radius 1 is 1.14 bits per heavy atom. The van der Waals surface area contributed by atoms with E-state index in [9.17, 15) is 22.8 Å². The number of rotatable bonds is 5. The lowest BCUT2D eigenvalue weighted by atomic mass is 10.4. The number of carboxylic acid groups (broad SMARTS) is 1. The summed E-state index contributed by atoms with van der Waals surface area (Å²) >= 11 is 0. The Balaban J connectivity index is 1.94. The van der Waals surface area contributed by atoms with Gasteiger partial charge in [-0.15, -0.1) is 0 Å². The third-order valence-corrected chi connectivity index (χ3v) is 2.44. The summed E-state index contributed by atoms with van der Waals surface area (Å²) in [6, 6.07) is 2.12. The minimum Gasteiger partial charge on any atom is -0.480 e. The van der Waals surface area contributed by atoms with Crippen LogP contribution in [0, 0.1) is 0 Å². The normalized spacial score (nSPS) is 11.4. The molecule has 2 rings (SSSR count). The Morgan fingerprint density at radius 3 is 2.36 bits per heavy atom. The fourth-order valence-corrected chi connectivity index (χ4v) is 1.59. The van der Waals surface area contributed by atoms with Crippen LogP contribution in [0.15, 0.2) is 24.5 Å². The fourth-order valence-electron chi connectivity index (χ4n) is 1.59. The van der Waals surface area contributed by atoms with Crippen LogP contribution < -0.4 is 5.32 Å². The van der Waals surface area contributed by atoms with Crippen molar-refractivity contribution < 1.29 is 27.9 Å². The van der Waals surface area contributed by atoms with Crippen molar-refractivity contribution in [2.75, 3.05) is 5.32 Å². The summed E-state index contributed by atoms with van der Waals surface area (Å²) in [6.07, 6.45) is -2.19. The second kappa shape index (κ2) is 5.87. The molecule has 0 fully saturated rings. The van der Waals surface area contributed by atoms with Crippen LogP contribution in [0.4, 0.5) is 19.0 Å². The molecule has 0 radical (unpaired) electrons. The van der Waals surface area contributed by atoms with Crippen molar-refractivity contribution in [2.24, 2.45) is 0 Å². The van der Waals surface area contributed by atoms with Crippen LogP contribution in [0.2, 0.25) is 0 Å². The molecule has 11 heteroatoms. The number of halogens is 3. The summed E-state index contributed by atoms with van der Waals surface area (Å²) in [5.41, 5.74) is -1.09. The highest BCUT2D eigenvalue weighted by molar-refractivity contribution is 5.89. The van der Waals surface area contributed by atoms with Crippen LogP contribution in [0.1, 0.15) is 5.69 Å². The molecule has 0 saturated heterocycles. The minimum atomic E-state index is -4.57. The largest absolute Gasteiger partial charge is 0.480 e. The molecule has 2 aromatic heterocycles. The number of aliphatic carboxylic acids is 1. The van der Waals surface area contributed by atoms with Gasteiger partial charge in [0.05, 0.1) is 0 Å². The first-order valence-corrected chi connectivity index (χ1v) is 5.90. The Hall–Kier alpha value is -2.85. The molecule has 8 nitrogen and oxygen atoms in total. The molecule has 118 valence electrons. The number of anilines is 1. The van der Waals surface area contributed by atoms with E-state index in [0.29, 0.717) is 0 Å². The van der Waals surface area contributed by atoms with Crippen molar-refractivity contribution >= 4 is 17.7 Å². The van der Waals surface area contributed by atoms with Crippen molar-refractivity contribution in [1.82, 2.24) is 19.6 Å². The summed E-state index contributed by atoms with van der Waals surface area (Å²) in [4.78, 5) is 22.1. The van der Waals surface area contributed by atoms with E-state index in [1.807, 2.05) is 0 Å². The average molecular weight is 317 g/mol.